The molecule has 2 rings (SSSR count). The molecule has 0 aromatic carbocycles. The van der Waals surface area contributed by atoms with Gasteiger partial charge in [-0.1, -0.05) is 11.6 Å². The lowest BCUT2D eigenvalue weighted by Crippen LogP contribution is -2.38. The van der Waals surface area contributed by atoms with Crippen LogP contribution >= 0.6 is 27.5 Å². The second-order valence-corrected chi connectivity index (χ2v) is 8.76. The zero-order valence-corrected chi connectivity index (χ0v) is 15.2. The van der Waals surface area contributed by atoms with Gasteiger partial charge in [0.15, 0.2) is 0 Å². The van der Waals surface area contributed by atoms with Crippen molar-refractivity contribution in [1.82, 2.24) is 14.2 Å². The maximum Gasteiger partial charge on any atom is 0.245 e. The van der Waals surface area contributed by atoms with Crippen LogP contribution in [0, 0.1) is 5.92 Å². The molecular weight excluding hydrogens is 378 g/mol. The Balaban J connectivity index is 2.13. The van der Waals surface area contributed by atoms with Crippen LogP contribution in [0.4, 0.5) is 0 Å². The molecule has 5 nitrogen and oxygen atoms in total. The van der Waals surface area contributed by atoms with Crippen LogP contribution in [0.3, 0.4) is 0 Å². The first-order valence-corrected chi connectivity index (χ1v) is 9.37. The molecular formula is C13H19BrClN3O2S. The summed E-state index contributed by atoms with van der Waals surface area (Å²) in [5.74, 6) is 0.389. The Hall–Kier alpha value is -0.210. The fraction of sp³-hybridized carbons (Fsp3) is 0.615. The minimum atomic E-state index is -3.61. The van der Waals surface area contributed by atoms with Crippen LogP contribution < -0.4 is 0 Å². The zero-order chi connectivity index (χ0) is 15.6. The predicted octanol–water partition coefficient (Wildman–Crippen LogP) is 2.46. The van der Waals surface area contributed by atoms with Crippen molar-refractivity contribution >= 4 is 37.6 Å². The van der Waals surface area contributed by atoms with Gasteiger partial charge in [-0.05, 0) is 60.9 Å². The maximum absolute atomic E-state index is 12.6. The third-order valence-electron chi connectivity index (χ3n) is 3.82. The van der Waals surface area contributed by atoms with Crippen molar-refractivity contribution < 1.29 is 8.42 Å². The Morgan fingerprint density at radius 2 is 2.10 bits per heavy atom. The van der Waals surface area contributed by atoms with E-state index in [9.17, 15) is 8.42 Å². The van der Waals surface area contributed by atoms with Gasteiger partial charge in [-0.2, -0.15) is 0 Å². The Kier molecular flexibility index (Phi) is 5.65. The van der Waals surface area contributed by atoms with E-state index in [0.717, 1.165) is 25.9 Å². The number of rotatable bonds is 4. The van der Waals surface area contributed by atoms with E-state index in [2.05, 4.69) is 32.9 Å². The summed E-state index contributed by atoms with van der Waals surface area (Å²) in [4.78, 5) is 6.20. The van der Waals surface area contributed by atoms with Crippen LogP contribution in [-0.4, -0.2) is 56.3 Å². The fourth-order valence-electron chi connectivity index (χ4n) is 2.46. The number of nitrogens with zero attached hydrogens (tertiary/aromatic N) is 3. The second-order valence-electron chi connectivity index (χ2n) is 5.47. The minimum absolute atomic E-state index is 0.00780. The van der Waals surface area contributed by atoms with Crippen molar-refractivity contribution in [2.75, 3.05) is 33.7 Å². The van der Waals surface area contributed by atoms with Gasteiger partial charge >= 0.3 is 0 Å². The number of piperidine rings is 1. The standard InChI is InChI=1S/C13H19BrClN3O2S/c1-17-5-3-10(4-6-17)9-18(2)21(19,20)12-7-11(14)8-16-13(12)15/h7-8,10H,3-6,9H2,1-2H3. The molecule has 1 aromatic heterocycles. The summed E-state index contributed by atoms with van der Waals surface area (Å²) in [6.07, 6.45) is 3.51. The smallest absolute Gasteiger partial charge is 0.245 e. The zero-order valence-electron chi connectivity index (χ0n) is 12.1. The van der Waals surface area contributed by atoms with Gasteiger partial charge < -0.3 is 4.90 Å². The van der Waals surface area contributed by atoms with Crippen LogP contribution in [0.2, 0.25) is 5.15 Å². The van der Waals surface area contributed by atoms with Crippen molar-refractivity contribution in [3.63, 3.8) is 0 Å². The predicted molar refractivity (Wildman–Crippen MR) is 87.0 cm³/mol. The van der Waals surface area contributed by atoms with Crippen molar-refractivity contribution in [2.45, 2.75) is 17.7 Å². The summed E-state index contributed by atoms with van der Waals surface area (Å²) in [5.41, 5.74) is 0. The SMILES string of the molecule is CN1CCC(CN(C)S(=O)(=O)c2cc(Br)cnc2Cl)CC1. The van der Waals surface area contributed by atoms with Crippen LogP contribution in [-0.2, 0) is 10.0 Å². The highest BCUT2D eigenvalue weighted by atomic mass is 79.9. The van der Waals surface area contributed by atoms with Crippen LogP contribution in [0.15, 0.2) is 21.6 Å². The molecule has 1 fully saturated rings. The fourth-order valence-corrected chi connectivity index (χ4v) is 4.62. The second kappa shape index (κ2) is 6.91. The number of hydrogen-bond donors (Lipinski definition) is 0. The van der Waals surface area contributed by atoms with Crippen LogP contribution in [0.5, 0.6) is 0 Å². The highest BCUT2D eigenvalue weighted by molar-refractivity contribution is 9.10. The number of aromatic nitrogens is 1. The van der Waals surface area contributed by atoms with E-state index in [4.69, 9.17) is 11.6 Å². The summed E-state index contributed by atoms with van der Waals surface area (Å²) in [6.45, 7) is 2.54. The molecule has 0 N–H and O–H groups in total. The normalized spacial score (nSPS) is 18.3. The maximum atomic E-state index is 12.6. The van der Waals surface area contributed by atoms with Gasteiger partial charge in [0.2, 0.25) is 10.0 Å². The van der Waals surface area contributed by atoms with Gasteiger partial charge in [-0.3, -0.25) is 0 Å². The topological polar surface area (TPSA) is 53.5 Å². The highest BCUT2D eigenvalue weighted by Crippen LogP contribution is 2.27. The molecule has 0 atom stereocenters. The average molecular weight is 397 g/mol. The van der Waals surface area contributed by atoms with Crippen LogP contribution in [0.25, 0.3) is 0 Å². The Bertz CT molecular complexity index is 603. The molecule has 1 aromatic rings. The number of likely N-dealkylation sites (tertiary alicyclic amines) is 1. The lowest BCUT2D eigenvalue weighted by molar-refractivity contribution is 0.202. The number of hydrogen-bond acceptors (Lipinski definition) is 4. The molecule has 1 saturated heterocycles. The molecule has 0 bridgehead atoms. The molecule has 21 heavy (non-hydrogen) atoms. The molecule has 1 aliphatic rings. The van der Waals surface area contributed by atoms with E-state index in [1.165, 1.54) is 16.6 Å². The Morgan fingerprint density at radius 1 is 1.48 bits per heavy atom. The molecule has 0 amide bonds. The number of halogens is 2. The molecule has 8 heteroatoms. The average Bonchev–Trinajstić information content (AvgIpc) is 2.43. The van der Waals surface area contributed by atoms with Crippen LogP contribution in [0.1, 0.15) is 12.8 Å². The van der Waals surface area contributed by atoms with Gasteiger partial charge in [-0.25, -0.2) is 17.7 Å². The van der Waals surface area contributed by atoms with Crippen molar-refractivity contribution in [3.8, 4) is 0 Å². The first-order chi connectivity index (χ1) is 9.80. The van der Waals surface area contributed by atoms with Crippen molar-refractivity contribution in [1.29, 1.82) is 0 Å². The molecule has 0 aliphatic carbocycles. The molecule has 2 heterocycles. The third-order valence-corrected chi connectivity index (χ3v) is 6.50. The summed E-state index contributed by atoms with van der Waals surface area (Å²) in [7, 11) is 0.0792. The molecule has 0 radical (unpaired) electrons. The summed E-state index contributed by atoms with van der Waals surface area (Å²) >= 11 is 9.18. The van der Waals surface area contributed by atoms with Gasteiger partial charge in [0.1, 0.15) is 10.0 Å². The molecule has 1 aliphatic heterocycles. The highest BCUT2D eigenvalue weighted by Gasteiger charge is 2.28. The van der Waals surface area contributed by atoms with E-state index in [0.29, 0.717) is 16.9 Å². The Morgan fingerprint density at radius 3 is 2.71 bits per heavy atom. The van der Waals surface area contributed by atoms with E-state index < -0.39 is 10.0 Å². The molecule has 118 valence electrons. The summed E-state index contributed by atoms with van der Waals surface area (Å²) in [6, 6.07) is 1.50. The van der Waals surface area contributed by atoms with E-state index in [1.807, 2.05) is 0 Å². The first kappa shape index (κ1) is 17.1. The lowest BCUT2D eigenvalue weighted by atomic mass is 9.97. The lowest BCUT2D eigenvalue weighted by Gasteiger charge is -2.31. The first-order valence-electron chi connectivity index (χ1n) is 6.76. The number of sulfonamides is 1. The van der Waals surface area contributed by atoms with Gasteiger partial charge in [0.05, 0.1) is 0 Å². The third kappa shape index (κ3) is 4.16. The van der Waals surface area contributed by atoms with Gasteiger partial charge in [0.25, 0.3) is 0 Å². The van der Waals surface area contributed by atoms with E-state index >= 15 is 0 Å². The number of pyridine rings is 1. The molecule has 0 saturated carbocycles. The summed E-state index contributed by atoms with van der Waals surface area (Å²) in [5, 5.41) is 0.00780. The largest absolute Gasteiger partial charge is 0.306 e. The minimum Gasteiger partial charge on any atom is -0.306 e. The monoisotopic (exact) mass is 395 g/mol. The summed E-state index contributed by atoms with van der Waals surface area (Å²) < 4.78 is 27.2. The quantitative estimate of drug-likeness (QED) is 0.734. The van der Waals surface area contributed by atoms with E-state index in [1.54, 1.807) is 7.05 Å². The molecule has 0 spiro atoms. The van der Waals surface area contributed by atoms with Gasteiger partial charge in [-0.15, -0.1) is 0 Å². The van der Waals surface area contributed by atoms with E-state index in [-0.39, 0.29) is 10.0 Å². The van der Waals surface area contributed by atoms with Crippen molar-refractivity contribution in [3.05, 3.63) is 21.9 Å². The van der Waals surface area contributed by atoms with Crippen molar-refractivity contribution in [2.24, 2.45) is 5.92 Å². The molecule has 0 unspecified atom stereocenters. The van der Waals surface area contributed by atoms with Gasteiger partial charge in [0, 0.05) is 24.3 Å². The Labute approximate surface area is 139 Å².